The van der Waals surface area contributed by atoms with E-state index in [0.29, 0.717) is 12.0 Å². The highest BCUT2D eigenvalue weighted by Crippen LogP contribution is 2.31. The van der Waals surface area contributed by atoms with Crippen LogP contribution in [0.4, 0.5) is 13.2 Å². The first-order valence-electron chi connectivity index (χ1n) is 5.83. The molecule has 0 aliphatic carbocycles. The van der Waals surface area contributed by atoms with Gasteiger partial charge >= 0.3 is 15.6 Å². The maximum absolute atomic E-state index is 12.3. The van der Waals surface area contributed by atoms with E-state index in [-0.39, 0.29) is 23.3 Å². The summed E-state index contributed by atoms with van der Waals surface area (Å²) in [5.41, 5.74) is 0.622. The van der Waals surface area contributed by atoms with E-state index in [2.05, 4.69) is 4.18 Å². The molecule has 0 radical (unpaired) electrons. The van der Waals surface area contributed by atoms with Gasteiger partial charge < -0.3 is 9.92 Å². The number of alkyl halides is 3. The maximum Gasteiger partial charge on any atom is 0.534 e. The number of benzene rings is 1. The number of carbonyl (C=O) groups excluding carboxylic acids is 1. The van der Waals surface area contributed by atoms with Crippen LogP contribution in [-0.4, -0.2) is 19.8 Å². The van der Waals surface area contributed by atoms with E-state index in [1.54, 1.807) is 0 Å². The number of carbonyl (C=O) groups is 1. The monoisotopic (exact) mass is 325 g/mol. The van der Waals surface area contributed by atoms with E-state index in [0.717, 1.165) is 0 Å². The summed E-state index contributed by atoms with van der Waals surface area (Å²) in [6, 6.07) is 2.91. The summed E-state index contributed by atoms with van der Waals surface area (Å²) in [5, 5.41) is 0. The number of primary amides is 1. The summed E-state index contributed by atoms with van der Waals surface area (Å²) < 4.78 is 63.1. The molecule has 1 rings (SSSR count). The van der Waals surface area contributed by atoms with Crippen molar-refractivity contribution >= 4 is 16.0 Å². The summed E-state index contributed by atoms with van der Waals surface area (Å²) in [5.74, 6) is -0.875. The first-order valence-corrected chi connectivity index (χ1v) is 7.24. The Morgan fingerprint density at radius 3 is 2.10 bits per heavy atom. The number of halogens is 3. The van der Waals surface area contributed by atoms with E-state index in [4.69, 9.17) is 5.73 Å². The van der Waals surface area contributed by atoms with Crippen molar-refractivity contribution in [3.63, 3.8) is 0 Å². The van der Waals surface area contributed by atoms with Crippen molar-refractivity contribution in [1.82, 2.24) is 0 Å². The molecule has 2 N–H and O–H groups in total. The Kier molecular flexibility index (Phi) is 4.87. The predicted molar refractivity (Wildman–Crippen MR) is 69.0 cm³/mol. The number of amides is 1. The fraction of sp³-hybridized carbons (Fsp3) is 0.417. The number of nitrogens with two attached hydrogens (primary N) is 1. The van der Waals surface area contributed by atoms with Crippen molar-refractivity contribution in [2.75, 3.05) is 0 Å². The average Bonchev–Trinajstić information content (AvgIpc) is 2.29. The normalized spacial score (nSPS) is 12.2. The van der Waals surface area contributed by atoms with Gasteiger partial charge in [-0.25, -0.2) is 0 Å². The van der Waals surface area contributed by atoms with E-state index in [1.807, 2.05) is 0 Å². The second-order valence-corrected chi connectivity index (χ2v) is 6.05. The van der Waals surface area contributed by atoms with Gasteiger partial charge in [-0.2, -0.15) is 21.6 Å². The molecule has 0 fully saturated rings. The molecule has 0 aromatic heterocycles. The van der Waals surface area contributed by atoms with Gasteiger partial charge in [0, 0.05) is 6.42 Å². The van der Waals surface area contributed by atoms with Crippen molar-refractivity contribution in [3.8, 4) is 5.75 Å². The van der Waals surface area contributed by atoms with Crippen LogP contribution in [0.15, 0.2) is 12.1 Å². The second-order valence-electron chi connectivity index (χ2n) is 4.51. The fourth-order valence-corrected chi connectivity index (χ4v) is 2.32. The van der Waals surface area contributed by atoms with Crippen LogP contribution in [0.25, 0.3) is 0 Å². The minimum atomic E-state index is -5.71. The first kappa shape index (κ1) is 17.3. The Hall–Kier alpha value is -1.77. The molecule has 5 nitrogen and oxygen atoms in total. The van der Waals surface area contributed by atoms with Crippen LogP contribution in [-0.2, 0) is 21.3 Å². The average molecular weight is 325 g/mol. The summed E-state index contributed by atoms with van der Waals surface area (Å²) >= 11 is 0. The van der Waals surface area contributed by atoms with Gasteiger partial charge in [-0.1, -0.05) is 12.1 Å². The van der Waals surface area contributed by atoms with E-state index in [1.165, 1.54) is 26.0 Å². The lowest BCUT2D eigenvalue weighted by molar-refractivity contribution is -0.118. The van der Waals surface area contributed by atoms with Crippen LogP contribution < -0.4 is 9.92 Å². The highest BCUT2D eigenvalue weighted by molar-refractivity contribution is 7.88. The fourth-order valence-electron chi connectivity index (χ4n) is 1.74. The molecule has 0 atom stereocenters. The van der Waals surface area contributed by atoms with Crippen LogP contribution in [0, 0.1) is 13.8 Å². The van der Waals surface area contributed by atoms with E-state index < -0.39 is 21.5 Å². The van der Waals surface area contributed by atoms with Gasteiger partial charge in [0.25, 0.3) is 0 Å². The SMILES string of the molecule is Cc1cc(CCC(N)=O)cc(C)c1OS(=O)(=O)C(F)(F)F. The molecule has 1 amide bonds. The largest absolute Gasteiger partial charge is 0.534 e. The van der Waals surface area contributed by atoms with Gasteiger partial charge in [0.15, 0.2) is 0 Å². The lowest BCUT2D eigenvalue weighted by atomic mass is 10.0. The molecule has 0 aliphatic heterocycles. The lowest BCUT2D eigenvalue weighted by Crippen LogP contribution is -2.28. The van der Waals surface area contributed by atoms with Crippen LogP contribution in [0.1, 0.15) is 23.1 Å². The summed E-state index contributed by atoms with van der Waals surface area (Å²) in [7, 11) is -5.71. The van der Waals surface area contributed by atoms with Crippen LogP contribution >= 0.6 is 0 Å². The zero-order valence-corrected chi connectivity index (χ0v) is 12.1. The summed E-state index contributed by atoms with van der Waals surface area (Å²) in [6.07, 6.45) is 0.392. The third-order valence-corrected chi connectivity index (χ3v) is 3.61. The first-order chi connectivity index (χ1) is 9.44. The molecule has 0 saturated heterocycles. The van der Waals surface area contributed by atoms with Gasteiger partial charge in [-0.3, -0.25) is 4.79 Å². The Morgan fingerprint density at radius 2 is 1.71 bits per heavy atom. The number of hydrogen-bond acceptors (Lipinski definition) is 4. The highest BCUT2D eigenvalue weighted by atomic mass is 32.2. The summed E-state index contributed by atoms with van der Waals surface area (Å²) in [6.45, 7) is 2.84. The van der Waals surface area contributed by atoms with Crippen molar-refractivity contribution in [2.24, 2.45) is 5.73 Å². The van der Waals surface area contributed by atoms with Gasteiger partial charge in [-0.15, -0.1) is 0 Å². The maximum atomic E-state index is 12.3. The second kappa shape index (κ2) is 5.92. The smallest absolute Gasteiger partial charge is 0.375 e. The van der Waals surface area contributed by atoms with E-state index in [9.17, 15) is 26.4 Å². The third kappa shape index (κ3) is 4.35. The zero-order chi connectivity index (χ0) is 16.4. The Bertz CT molecular complexity index is 630. The van der Waals surface area contributed by atoms with Crippen molar-refractivity contribution in [2.45, 2.75) is 32.2 Å². The van der Waals surface area contributed by atoms with Gasteiger partial charge in [0.05, 0.1) is 0 Å². The number of aryl methyl sites for hydroxylation is 3. The van der Waals surface area contributed by atoms with Crippen LogP contribution in [0.2, 0.25) is 0 Å². The molecule has 21 heavy (non-hydrogen) atoms. The van der Waals surface area contributed by atoms with Crippen molar-refractivity contribution in [1.29, 1.82) is 0 Å². The van der Waals surface area contributed by atoms with E-state index >= 15 is 0 Å². The molecular weight excluding hydrogens is 311 g/mol. The van der Waals surface area contributed by atoms with Crippen molar-refractivity contribution < 1.29 is 30.6 Å². The Labute approximate surface area is 120 Å². The van der Waals surface area contributed by atoms with Gasteiger partial charge in [0.2, 0.25) is 5.91 Å². The molecule has 1 aromatic rings. The highest BCUT2D eigenvalue weighted by Gasteiger charge is 2.48. The molecular formula is C12H14F3NO4S. The molecule has 0 unspecified atom stereocenters. The molecule has 1 aromatic carbocycles. The quantitative estimate of drug-likeness (QED) is 0.662. The molecule has 9 heteroatoms. The predicted octanol–water partition coefficient (Wildman–Crippen LogP) is 1.95. The van der Waals surface area contributed by atoms with Crippen LogP contribution in [0.5, 0.6) is 5.75 Å². The van der Waals surface area contributed by atoms with Gasteiger partial charge in [0.1, 0.15) is 5.75 Å². The molecule has 0 aliphatic rings. The Balaban J connectivity index is 3.09. The molecule has 0 heterocycles. The third-order valence-electron chi connectivity index (χ3n) is 2.66. The number of hydrogen-bond donors (Lipinski definition) is 1. The minimum Gasteiger partial charge on any atom is -0.375 e. The van der Waals surface area contributed by atoms with Gasteiger partial charge in [-0.05, 0) is 37.0 Å². The molecule has 0 bridgehead atoms. The lowest BCUT2D eigenvalue weighted by Gasteiger charge is -2.14. The minimum absolute atomic E-state index is 0.0833. The molecule has 0 saturated carbocycles. The topological polar surface area (TPSA) is 86.5 Å². The van der Waals surface area contributed by atoms with Crippen molar-refractivity contribution in [3.05, 3.63) is 28.8 Å². The summed E-state index contributed by atoms with van der Waals surface area (Å²) in [4.78, 5) is 10.7. The molecule has 118 valence electrons. The Morgan fingerprint density at radius 1 is 1.24 bits per heavy atom. The van der Waals surface area contributed by atoms with Crippen LogP contribution in [0.3, 0.4) is 0 Å². The molecule has 0 spiro atoms. The number of rotatable bonds is 5. The standard InChI is InChI=1S/C12H14F3NO4S/c1-7-5-9(3-4-10(16)17)6-8(2)11(7)20-21(18,19)12(13,14)15/h5-6H,3-4H2,1-2H3,(H2,16,17). The zero-order valence-electron chi connectivity index (χ0n) is 11.3.